The van der Waals surface area contributed by atoms with Crippen LogP contribution in [0.5, 0.6) is 0 Å². The Bertz CT molecular complexity index is 513. The van der Waals surface area contributed by atoms with Gasteiger partial charge in [0, 0.05) is 24.2 Å². The zero-order valence-electron chi connectivity index (χ0n) is 9.23. The summed E-state index contributed by atoms with van der Waals surface area (Å²) in [5.41, 5.74) is 0.771. The Morgan fingerprint density at radius 3 is 2.94 bits per heavy atom. The van der Waals surface area contributed by atoms with Crippen LogP contribution in [0.25, 0.3) is 11.4 Å². The monoisotopic (exact) mass is 271 g/mol. The summed E-state index contributed by atoms with van der Waals surface area (Å²) in [6.45, 7) is 1.25. The lowest BCUT2D eigenvalue weighted by Crippen LogP contribution is -2.05. The van der Waals surface area contributed by atoms with E-state index in [4.69, 9.17) is 27.9 Å². The third kappa shape index (κ3) is 2.77. The Hall–Kier alpha value is -1.10. The van der Waals surface area contributed by atoms with E-state index in [1.54, 1.807) is 31.6 Å². The number of rotatable bonds is 4. The van der Waals surface area contributed by atoms with Crippen molar-refractivity contribution in [2.45, 2.75) is 6.54 Å². The maximum atomic E-state index is 6.12. The standard InChI is InChI=1S/C11H11Cl2N3O/c1-17-5-4-16-7-14-15-11(16)9-6-8(12)2-3-10(9)13/h2-3,6-7H,4-5H2,1H3. The molecule has 4 nitrogen and oxygen atoms in total. The van der Waals surface area contributed by atoms with E-state index in [0.717, 1.165) is 5.56 Å². The molecule has 0 radical (unpaired) electrons. The maximum absolute atomic E-state index is 6.12. The van der Waals surface area contributed by atoms with E-state index < -0.39 is 0 Å². The van der Waals surface area contributed by atoms with Crippen LogP contribution in [0.2, 0.25) is 10.0 Å². The highest BCUT2D eigenvalue weighted by Crippen LogP contribution is 2.28. The lowest BCUT2D eigenvalue weighted by Gasteiger charge is -2.07. The van der Waals surface area contributed by atoms with Crippen molar-refractivity contribution in [2.75, 3.05) is 13.7 Å². The normalized spacial score (nSPS) is 10.8. The van der Waals surface area contributed by atoms with Crippen LogP contribution in [-0.2, 0) is 11.3 Å². The average molecular weight is 272 g/mol. The van der Waals surface area contributed by atoms with Crippen LogP contribution in [0, 0.1) is 0 Å². The predicted octanol–water partition coefficient (Wildman–Crippen LogP) is 2.90. The van der Waals surface area contributed by atoms with Crippen molar-refractivity contribution in [3.05, 3.63) is 34.6 Å². The molecule has 0 aliphatic rings. The van der Waals surface area contributed by atoms with Crippen LogP contribution >= 0.6 is 23.2 Å². The van der Waals surface area contributed by atoms with Gasteiger partial charge in [0.2, 0.25) is 0 Å². The Morgan fingerprint density at radius 1 is 1.35 bits per heavy atom. The van der Waals surface area contributed by atoms with E-state index in [0.29, 0.717) is 29.0 Å². The minimum atomic E-state index is 0.587. The molecule has 0 aliphatic carbocycles. The highest BCUT2D eigenvalue weighted by molar-refractivity contribution is 6.35. The first-order chi connectivity index (χ1) is 8.22. The molecule has 6 heteroatoms. The predicted molar refractivity (Wildman–Crippen MR) is 67.4 cm³/mol. The maximum Gasteiger partial charge on any atom is 0.165 e. The number of nitrogens with zero attached hydrogens (tertiary/aromatic N) is 3. The van der Waals surface area contributed by atoms with Gasteiger partial charge in [-0.05, 0) is 18.2 Å². The van der Waals surface area contributed by atoms with Crippen molar-refractivity contribution >= 4 is 23.2 Å². The Morgan fingerprint density at radius 2 is 2.18 bits per heavy atom. The van der Waals surface area contributed by atoms with Gasteiger partial charge in [-0.3, -0.25) is 0 Å². The van der Waals surface area contributed by atoms with Crippen molar-refractivity contribution in [1.29, 1.82) is 0 Å². The van der Waals surface area contributed by atoms with Crippen molar-refractivity contribution in [3.8, 4) is 11.4 Å². The molecule has 1 aromatic carbocycles. The van der Waals surface area contributed by atoms with Crippen molar-refractivity contribution in [2.24, 2.45) is 0 Å². The molecule has 0 N–H and O–H groups in total. The number of ether oxygens (including phenoxy) is 1. The van der Waals surface area contributed by atoms with Crippen LogP contribution < -0.4 is 0 Å². The number of methoxy groups -OCH3 is 1. The molecule has 0 aliphatic heterocycles. The smallest absolute Gasteiger partial charge is 0.165 e. The van der Waals surface area contributed by atoms with Gasteiger partial charge in [-0.25, -0.2) is 0 Å². The summed E-state index contributed by atoms with van der Waals surface area (Å²) >= 11 is 12.1. The molecule has 0 unspecified atom stereocenters. The molecule has 0 saturated heterocycles. The fourth-order valence-corrected chi connectivity index (χ4v) is 1.86. The molecular weight excluding hydrogens is 261 g/mol. The molecule has 17 heavy (non-hydrogen) atoms. The third-order valence-electron chi connectivity index (χ3n) is 2.32. The van der Waals surface area contributed by atoms with E-state index in [2.05, 4.69) is 10.2 Å². The summed E-state index contributed by atoms with van der Waals surface area (Å²) in [5, 5.41) is 9.15. The van der Waals surface area contributed by atoms with Gasteiger partial charge in [-0.1, -0.05) is 23.2 Å². The first-order valence-corrected chi connectivity index (χ1v) is 5.80. The minimum absolute atomic E-state index is 0.587. The summed E-state index contributed by atoms with van der Waals surface area (Å²) in [4.78, 5) is 0. The second-order valence-corrected chi connectivity index (χ2v) is 4.31. The van der Waals surface area contributed by atoms with Crippen LogP contribution in [-0.4, -0.2) is 28.5 Å². The Kier molecular flexibility index (Phi) is 3.99. The number of benzene rings is 1. The highest BCUT2D eigenvalue weighted by atomic mass is 35.5. The van der Waals surface area contributed by atoms with Crippen LogP contribution in [0.15, 0.2) is 24.5 Å². The summed E-state index contributed by atoms with van der Waals surface area (Å²) in [6.07, 6.45) is 1.64. The third-order valence-corrected chi connectivity index (χ3v) is 2.89. The quantitative estimate of drug-likeness (QED) is 0.859. The largest absolute Gasteiger partial charge is 0.383 e. The van der Waals surface area contributed by atoms with Crippen LogP contribution in [0.3, 0.4) is 0 Å². The van der Waals surface area contributed by atoms with E-state index in [1.165, 1.54) is 0 Å². The second kappa shape index (κ2) is 5.49. The molecular formula is C11H11Cl2N3O. The van der Waals surface area contributed by atoms with Crippen LogP contribution in [0.4, 0.5) is 0 Å². The van der Waals surface area contributed by atoms with Crippen molar-refractivity contribution in [1.82, 2.24) is 14.8 Å². The van der Waals surface area contributed by atoms with Crippen LogP contribution in [0.1, 0.15) is 0 Å². The summed E-state index contributed by atoms with van der Waals surface area (Å²) < 4.78 is 6.90. The zero-order chi connectivity index (χ0) is 12.3. The van der Waals surface area contributed by atoms with Crippen molar-refractivity contribution in [3.63, 3.8) is 0 Å². The Balaban J connectivity index is 2.38. The first kappa shape index (κ1) is 12.4. The molecule has 0 spiro atoms. The zero-order valence-corrected chi connectivity index (χ0v) is 10.7. The molecule has 0 saturated carbocycles. The van der Waals surface area contributed by atoms with E-state index in [1.807, 2.05) is 4.57 Å². The first-order valence-electron chi connectivity index (χ1n) is 5.04. The van der Waals surface area contributed by atoms with Gasteiger partial charge in [0.25, 0.3) is 0 Å². The molecule has 1 heterocycles. The van der Waals surface area contributed by atoms with Gasteiger partial charge in [0.15, 0.2) is 5.82 Å². The van der Waals surface area contributed by atoms with Gasteiger partial charge < -0.3 is 9.30 Å². The molecule has 1 aromatic heterocycles. The minimum Gasteiger partial charge on any atom is -0.383 e. The average Bonchev–Trinajstić information content (AvgIpc) is 2.77. The topological polar surface area (TPSA) is 39.9 Å². The molecule has 0 atom stereocenters. The lowest BCUT2D eigenvalue weighted by molar-refractivity contribution is 0.187. The number of halogens is 2. The summed E-state index contributed by atoms with van der Waals surface area (Å²) in [5.74, 6) is 0.689. The SMILES string of the molecule is COCCn1cnnc1-c1cc(Cl)ccc1Cl. The van der Waals surface area contributed by atoms with E-state index in [-0.39, 0.29) is 0 Å². The fraction of sp³-hybridized carbons (Fsp3) is 0.273. The molecule has 0 bridgehead atoms. The molecule has 2 rings (SSSR count). The summed E-state index contributed by atoms with van der Waals surface area (Å²) in [7, 11) is 1.65. The van der Waals surface area contributed by atoms with Gasteiger partial charge in [-0.15, -0.1) is 10.2 Å². The van der Waals surface area contributed by atoms with Gasteiger partial charge in [-0.2, -0.15) is 0 Å². The van der Waals surface area contributed by atoms with Gasteiger partial charge in [0.05, 0.1) is 11.6 Å². The second-order valence-electron chi connectivity index (χ2n) is 3.46. The number of aromatic nitrogens is 3. The summed E-state index contributed by atoms with van der Waals surface area (Å²) in [6, 6.07) is 5.26. The van der Waals surface area contributed by atoms with E-state index in [9.17, 15) is 0 Å². The Labute approximate surface area is 109 Å². The molecule has 0 amide bonds. The van der Waals surface area contributed by atoms with Crippen molar-refractivity contribution < 1.29 is 4.74 Å². The molecule has 2 aromatic rings. The molecule has 0 fully saturated rings. The molecule has 90 valence electrons. The highest BCUT2D eigenvalue weighted by Gasteiger charge is 2.11. The van der Waals surface area contributed by atoms with E-state index >= 15 is 0 Å². The fourth-order valence-electron chi connectivity index (χ4n) is 1.49. The number of hydrogen-bond acceptors (Lipinski definition) is 3. The number of hydrogen-bond donors (Lipinski definition) is 0. The van der Waals surface area contributed by atoms with Gasteiger partial charge >= 0.3 is 0 Å². The van der Waals surface area contributed by atoms with Gasteiger partial charge in [0.1, 0.15) is 6.33 Å². The lowest BCUT2D eigenvalue weighted by atomic mass is 10.2.